The molecule has 0 radical (unpaired) electrons. The van der Waals surface area contributed by atoms with Gasteiger partial charge >= 0.3 is 6.09 Å². The van der Waals surface area contributed by atoms with Gasteiger partial charge in [0, 0.05) is 11.8 Å². The lowest BCUT2D eigenvalue weighted by atomic mass is 10.2. The predicted octanol–water partition coefficient (Wildman–Crippen LogP) is 1.14. The Morgan fingerprint density at radius 2 is 2.55 bits per heavy atom. The van der Waals surface area contributed by atoms with Crippen LogP contribution in [0.4, 0.5) is 10.6 Å². The molecule has 0 aliphatic carbocycles. The number of nitrogens with zero attached hydrogens (tertiary/aromatic N) is 1. The Balaban J connectivity index is 2.41. The number of hydrogen-bond donors (Lipinski definition) is 1. The van der Waals surface area contributed by atoms with Gasteiger partial charge in [-0.1, -0.05) is 6.07 Å². The highest BCUT2D eigenvalue weighted by atomic mass is 16.5. The monoisotopic (exact) mass is 150 g/mol. The molecule has 0 unspecified atom stereocenters. The number of cyclic esters (lactones) is 1. The Bertz CT molecular complexity index is 298. The van der Waals surface area contributed by atoms with Crippen molar-refractivity contribution in [1.29, 1.82) is 0 Å². The van der Waals surface area contributed by atoms with Crippen molar-refractivity contribution >= 4 is 11.9 Å². The van der Waals surface area contributed by atoms with Crippen LogP contribution in [0, 0.1) is 0 Å². The maximum atomic E-state index is 10.7. The quantitative estimate of drug-likeness (QED) is 0.603. The van der Waals surface area contributed by atoms with Crippen LogP contribution in [0.3, 0.4) is 0 Å². The van der Waals surface area contributed by atoms with Crippen molar-refractivity contribution in [2.45, 2.75) is 6.61 Å². The summed E-state index contributed by atoms with van der Waals surface area (Å²) in [6, 6.07) is 3.67. The number of ether oxygens (including phenoxy) is 1. The molecule has 0 saturated heterocycles. The molecule has 0 saturated carbocycles. The van der Waals surface area contributed by atoms with Crippen LogP contribution in [0.25, 0.3) is 0 Å². The van der Waals surface area contributed by atoms with Gasteiger partial charge in [-0.25, -0.2) is 9.78 Å². The van der Waals surface area contributed by atoms with Crippen molar-refractivity contribution in [2.75, 3.05) is 5.32 Å². The van der Waals surface area contributed by atoms with Crippen molar-refractivity contribution in [1.82, 2.24) is 4.98 Å². The van der Waals surface area contributed by atoms with Gasteiger partial charge in [0.1, 0.15) is 12.4 Å². The SMILES string of the molecule is O=C1Nc2ncccc2CO1. The molecule has 1 aliphatic rings. The molecule has 0 aromatic carbocycles. The predicted molar refractivity (Wildman–Crippen MR) is 38.0 cm³/mol. The molecule has 4 heteroatoms. The highest BCUT2D eigenvalue weighted by Gasteiger charge is 2.14. The maximum Gasteiger partial charge on any atom is 0.413 e. The van der Waals surface area contributed by atoms with E-state index in [9.17, 15) is 4.79 Å². The number of carbonyl (C=O) groups is 1. The fraction of sp³-hybridized carbons (Fsp3) is 0.143. The molecule has 1 amide bonds. The Labute approximate surface area is 63.2 Å². The summed E-state index contributed by atoms with van der Waals surface area (Å²) in [5.41, 5.74) is 0.909. The van der Waals surface area contributed by atoms with Gasteiger partial charge in [0.15, 0.2) is 0 Å². The summed E-state index contributed by atoms with van der Waals surface area (Å²) in [4.78, 5) is 14.6. The number of hydrogen-bond acceptors (Lipinski definition) is 3. The molecule has 2 rings (SSSR count). The molecule has 1 aromatic heterocycles. The van der Waals surface area contributed by atoms with Crippen LogP contribution in [-0.2, 0) is 11.3 Å². The molecule has 0 bridgehead atoms. The van der Waals surface area contributed by atoms with Crippen LogP contribution >= 0.6 is 0 Å². The standard InChI is InChI=1S/C7H6N2O2/c10-7-9-6-5(4-11-7)2-1-3-8-6/h1-3H,4H2,(H,8,9,10). The second-order valence-corrected chi connectivity index (χ2v) is 2.21. The zero-order chi connectivity index (χ0) is 7.68. The lowest BCUT2D eigenvalue weighted by Crippen LogP contribution is -2.20. The minimum absolute atomic E-state index is 0.314. The average molecular weight is 150 g/mol. The highest BCUT2D eigenvalue weighted by Crippen LogP contribution is 2.16. The molecule has 1 N–H and O–H groups in total. The van der Waals surface area contributed by atoms with E-state index in [1.54, 1.807) is 12.3 Å². The Hall–Kier alpha value is -1.58. The van der Waals surface area contributed by atoms with E-state index in [4.69, 9.17) is 4.74 Å². The fourth-order valence-corrected chi connectivity index (χ4v) is 0.944. The van der Waals surface area contributed by atoms with Crippen molar-refractivity contribution < 1.29 is 9.53 Å². The van der Waals surface area contributed by atoms with E-state index in [2.05, 4.69) is 10.3 Å². The third-order valence-electron chi connectivity index (χ3n) is 1.47. The summed E-state index contributed by atoms with van der Waals surface area (Å²) < 4.78 is 4.71. The summed E-state index contributed by atoms with van der Waals surface area (Å²) in [5.74, 6) is 0.601. The second-order valence-electron chi connectivity index (χ2n) is 2.21. The summed E-state index contributed by atoms with van der Waals surface area (Å²) in [6.07, 6.45) is 1.20. The minimum Gasteiger partial charge on any atom is -0.444 e. The first-order valence-electron chi connectivity index (χ1n) is 3.24. The molecule has 1 aliphatic heterocycles. The third kappa shape index (κ3) is 1.02. The number of rotatable bonds is 0. The van der Waals surface area contributed by atoms with Gasteiger partial charge in [-0.3, -0.25) is 5.32 Å². The molecule has 0 spiro atoms. The van der Waals surface area contributed by atoms with Gasteiger partial charge < -0.3 is 4.74 Å². The summed E-state index contributed by atoms with van der Waals surface area (Å²) in [5, 5.41) is 2.49. The smallest absolute Gasteiger partial charge is 0.413 e. The maximum absolute atomic E-state index is 10.7. The average Bonchev–Trinajstić information content (AvgIpc) is 2.04. The van der Waals surface area contributed by atoms with Gasteiger partial charge in [-0.2, -0.15) is 0 Å². The van der Waals surface area contributed by atoms with E-state index >= 15 is 0 Å². The molecule has 1 aromatic rings. The van der Waals surface area contributed by atoms with Gasteiger partial charge in [-0.15, -0.1) is 0 Å². The third-order valence-corrected chi connectivity index (χ3v) is 1.47. The van der Waals surface area contributed by atoms with E-state index in [0.717, 1.165) is 5.56 Å². The van der Waals surface area contributed by atoms with Gasteiger partial charge in [-0.05, 0) is 6.07 Å². The van der Waals surface area contributed by atoms with Crippen molar-refractivity contribution in [3.05, 3.63) is 23.9 Å². The second kappa shape index (κ2) is 2.23. The molecule has 0 fully saturated rings. The number of nitrogens with one attached hydrogen (secondary N) is 1. The molecule has 0 atom stereocenters. The van der Waals surface area contributed by atoms with Crippen LogP contribution in [0.2, 0.25) is 0 Å². The number of anilines is 1. The zero-order valence-corrected chi connectivity index (χ0v) is 5.70. The van der Waals surface area contributed by atoms with Crippen molar-refractivity contribution in [3.63, 3.8) is 0 Å². The Morgan fingerprint density at radius 1 is 1.64 bits per heavy atom. The minimum atomic E-state index is -0.434. The lowest BCUT2D eigenvalue weighted by Gasteiger charge is -2.14. The van der Waals surface area contributed by atoms with Crippen LogP contribution < -0.4 is 5.32 Å². The van der Waals surface area contributed by atoms with Crippen LogP contribution in [0.1, 0.15) is 5.56 Å². The summed E-state index contributed by atoms with van der Waals surface area (Å²) in [6.45, 7) is 0.314. The first kappa shape index (κ1) is 6.15. The largest absolute Gasteiger partial charge is 0.444 e. The molecule has 11 heavy (non-hydrogen) atoms. The number of carbonyl (C=O) groups excluding carboxylic acids is 1. The first-order chi connectivity index (χ1) is 5.36. The lowest BCUT2D eigenvalue weighted by molar-refractivity contribution is 0.151. The highest BCUT2D eigenvalue weighted by molar-refractivity contribution is 5.85. The summed E-state index contributed by atoms with van der Waals surface area (Å²) in [7, 11) is 0. The van der Waals surface area contributed by atoms with E-state index in [1.807, 2.05) is 6.07 Å². The molecule has 56 valence electrons. The fourth-order valence-electron chi connectivity index (χ4n) is 0.944. The van der Waals surface area contributed by atoms with E-state index in [0.29, 0.717) is 12.4 Å². The van der Waals surface area contributed by atoms with E-state index < -0.39 is 6.09 Å². The van der Waals surface area contributed by atoms with Crippen LogP contribution in [0.15, 0.2) is 18.3 Å². The molecule has 2 heterocycles. The van der Waals surface area contributed by atoms with Crippen LogP contribution in [-0.4, -0.2) is 11.1 Å². The van der Waals surface area contributed by atoms with Crippen LogP contribution in [0.5, 0.6) is 0 Å². The molecule has 4 nitrogen and oxygen atoms in total. The van der Waals surface area contributed by atoms with Crippen molar-refractivity contribution in [2.24, 2.45) is 0 Å². The molecular formula is C7H6N2O2. The number of amides is 1. The zero-order valence-electron chi connectivity index (χ0n) is 5.70. The van der Waals surface area contributed by atoms with E-state index in [-0.39, 0.29) is 0 Å². The summed E-state index contributed by atoms with van der Waals surface area (Å²) >= 11 is 0. The van der Waals surface area contributed by atoms with Gasteiger partial charge in [0.2, 0.25) is 0 Å². The topological polar surface area (TPSA) is 51.2 Å². The van der Waals surface area contributed by atoms with E-state index in [1.165, 1.54) is 0 Å². The van der Waals surface area contributed by atoms with Crippen molar-refractivity contribution in [3.8, 4) is 0 Å². The number of pyridine rings is 1. The Kier molecular flexibility index (Phi) is 1.25. The van der Waals surface area contributed by atoms with Gasteiger partial charge in [0.25, 0.3) is 0 Å². The Morgan fingerprint density at radius 3 is 3.45 bits per heavy atom. The molecular weight excluding hydrogens is 144 g/mol. The van der Waals surface area contributed by atoms with Gasteiger partial charge in [0.05, 0.1) is 0 Å². The first-order valence-corrected chi connectivity index (χ1v) is 3.24. The number of fused-ring (bicyclic) bond motifs is 1. The normalized spacial score (nSPS) is 14.7. The number of aromatic nitrogens is 1.